The Labute approximate surface area is 132 Å². The number of aromatic amines is 1. The fourth-order valence-electron chi connectivity index (χ4n) is 2.95. The summed E-state index contributed by atoms with van der Waals surface area (Å²) < 4.78 is 1.06. The fourth-order valence-corrected chi connectivity index (χ4v) is 3.36. The molecule has 21 heavy (non-hydrogen) atoms. The number of nitrogens with zero attached hydrogens (tertiary/aromatic N) is 2. The summed E-state index contributed by atoms with van der Waals surface area (Å²) in [6.45, 7) is 2.78. The number of hydrogen-bond donors (Lipinski definition) is 1. The molecular weight excluding hydrogens is 330 g/mol. The summed E-state index contributed by atoms with van der Waals surface area (Å²) in [6.07, 6.45) is 2.46. The molecule has 1 aliphatic heterocycles. The largest absolute Gasteiger partial charge is 0.335 e. The number of hydrogen-bond acceptors (Lipinski definition) is 2. The summed E-state index contributed by atoms with van der Waals surface area (Å²) in [7, 11) is 0. The summed E-state index contributed by atoms with van der Waals surface area (Å²) in [5.41, 5.74) is 3.01. The first-order valence-corrected chi connectivity index (χ1v) is 7.98. The molecule has 1 aromatic heterocycles. The second-order valence-electron chi connectivity index (χ2n) is 5.52. The van der Waals surface area contributed by atoms with Gasteiger partial charge in [0.1, 0.15) is 0 Å². The predicted molar refractivity (Wildman–Crippen MR) is 84.9 cm³/mol. The van der Waals surface area contributed by atoms with Crippen molar-refractivity contribution >= 4 is 21.8 Å². The Bertz CT molecular complexity index is 652. The van der Waals surface area contributed by atoms with Crippen LogP contribution in [-0.2, 0) is 11.2 Å². The molecule has 5 heteroatoms. The molecule has 0 saturated carbocycles. The summed E-state index contributed by atoms with van der Waals surface area (Å²) in [4.78, 5) is 14.5. The predicted octanol–water partition coefficient (Wildman–Crippen LogP) is 3.39. The average molecular weight is 348 g/mol. The highest BCUT2D eigenvalue weighted by Crippen LogP contribution is 2.33. The quantitative estimate of drug-likeness (QED) is 0.924. The van der Waals surface area contributed by atoms with Crippen molar-refractivity contribution in [2.45, 2.75) is 32.2 Å². The molecule has 1 aliphatic rings. The van der Waals surface area contributed by atoms with Crippen molar-refractivity contribution in [2.75, 3.05) is 6.54 Å². The smallest absolute Gasteiger partial charge is 0.229 e. The van der Waals surface area contributed by atoms with Gasteiger partial charge in [-0.25, -0.2) is 0 Å². The molecule has 2 heterocycles. The molecule has 0 aliphatic carbocycles. The highest BCUT2D eigenvalue weighted by Gasteiger charge is 2.30. The molecule has 1 unspecified atom stereocenters. The minimum absolute atomic E-state index is 0.156. The van der Waals surface area contributed by atoms with Gasteiger partial charge < -0.3 is 4.90 Å². The van der Waals surface area contributed by atoms with Crippen LogP contribution in [0.3, 0.4) is 0 Å². The first kappa shape index (κ1) is 14.3. The normalized spacial score (nSPS) is 18.2. The topological polar surface area (TPSA) is 49.0 Å². The first-order valence-electron chi connectivity index (χ1n) is 7.19. The van der Waals surface area contributed by atoms with E-state index in [1.807, 2.05) is 30.0 Å². The second kappa shape index (κ2) is 6.02. The Kier molecular flexibility index (Phi) is 4.10. The Hall–Kier alpha value is -1.62. The number of aryl methyl sites for hydroxylation is 1. The molecule has 1 saturated heterocycles. The number of halogens is 1. The number of likely N-dealkylation sites (tertiary alicyclic amines) is 1. The van der Waals surface area contributed by atoms with Gasteiger partial charge in [0.15, 0.2) is 0 Å². The second-order valence-corrected chi connectivity index (χ2v) is 6.43. The van der Waals surface area contributed by atoms with Gasteiger partial charge in [-0.2, -0.15) is 5.10 Å². The van der Waals surface area contributed by atoms with Crippen molar-refractivity contribution in [2.24, 2.45) is 0 Å². The van der Waals surface area contributed by atoms with Gasteiger partial charge in [0.2, 0.25) is 5.91 Å². The fraction of sp³-hybridized carbons (Fsp3) is 0.375. The maximum atomic E-state index is 12.6. The number of carbonyl (C=O) groups excluding carboxylic acids is 1. The third-order valence-electron chi connectivity index (χ3n) is 3.90. The van der Waals surface area contributed by atoms with Crippen molar-refractivity contribution in [3.63, 3.8) is 0 Å². The van der Waals surface area contributed by atoms with Crippen LogP contribution in [0.4, 0.5) is 0 Å². The number of benzene rings is 1. The van der Waals surface area contributed by atoms with Crippen molar-refractivity contribution in [3.8, 4) is 0 Å². The Morgan fingerprint density at radius 1 is 1.48 bits per heavy atom. The zero-order valence-electron chi connectivity index (χ0n) is 12.0. The van der Waals surface area contributed by atoms with Gasteiger partial charge in [-0.05, 0) is 43.5 Å². The molecule has 1 amide bonds. The van der Waals surface area contributed by atoms with Gasteiger partial charge in [-0.3, -0.25) is 9.89 Å². The van der Waals surface area contributed by atoms with Crippen LogP contribution < -0.4 is 0 Å². The van der Waals surface area contributed by atoms with E-state index in [1.165, 1.54) is 5.56 Å². The highest BCUT2D eigenvalue weighted by atomic mass is 79.9. The van der Waals surface area contributed by atoms with Crippen molar-refractivity contribution in [1.82, 2.24) is 15.1 Å². The lowest BCUT2D eigenvalue weighted by Crippen LogP contribution is -2.31. The van der Waals surface area contributed by atoms with Crippen molar-refractivity contribution in [3.05, 3.63) is 51.8 Å². The van der Waals surface area contributed by atoms with Gasteiger partial charge in [-0.1, -0.05) is 28.1 Å². The van der Waals surface area contributed by atoms with E-state index in [0.29, 0.717) is 6.42 Å². The van der Waals surface area contributed by atoms with Crippen molar-refractivity contribution in [1.29, 1.82) is 0 Å². The number of rotatable bonds is 3. The van der Waals surface area contributed by atoms with E-state index >= 15 is 0 Å². The lowest BCUT2D eigenvalue weighted by atomic mass is 10.0. The minimum atomic E-state index is 0.156. The lowest BCUT2D eigenvalue weighted by Gasteiger charge is -2.25. The van der Waals surface area contributed by atoms with E-state index in [9.17, 15) is 4.79 Å². The molecule has 3 rings (SSSR count). The molecule has 110 valence electrons. The van der Waals surface area contributed by atoms with E-state index in [0.717, 1.165) is 35.2 Å². The number of nitrogens with one attached hydrogen (secondary N) is 1. The van der Waals surface area contributed by atoms with Gasteiger partial charge in [0.25, 0.3) is 0 Å². The maximum Gasteiger partial charge on any atom is 0.229 e. The Balaban J connectivity index is 1.75. The molecule has 0 spiro atoms. The number of aromatic nitrogens is 2. The van der Waals surface area contributed by atoms with Crippen LogP contribution in [0.1, 0.15) is 35.8 Å². The van der Waals surface area contributed by atoms with Crippen LogP contribution in [-0.4, -0.2) is 27.5 Å². The minimum Gasteiger partial charge on any atom is -0.335 e. The molecule has 4 nitrogen and oxygen atoms in total. The van der Waals surface area contributed by atoms with Crippen molar-refractivity contribution < 1.29 is 4.79 Å². The van der Waals surface area contributed by atoms with Gasteiger partial charge in [0.05, 0.1) is 18.2 Å². The highest BCUT2D eigenvalue weighted by molar-refractivity contribution is 9.10. The van der Waals surface area contributed by atoms with E-state index < -0.39 is 0 Å². The number of H-pyrrole nitrogens is 1. The molecule has 1 fully saturated rings. The maximum absolute atomic E-state index is 12.6. The van der Waals surface area contributed by atoms with Gasteiger partial charge in [0, 0.05) is 16.7 Å². The van der Waals surface area contributed by atoms with E-state index in [4.69, 9.17) is 0 Å². The van der Waals surface area contributed by atoms with Crippen LogP contribution in [0, 0.1) is 6.92 Å². The van der Waals surface area contributed by atoms with E-state index in [1.54, 1.807) is 0 Å². The average Bonchev–Trinajstić information content (AvgIpc) is 3.07. The summed E-state index contributed by atoms with van der Waals surface area (Å²) in [5.74, 6) is 0.156. The zero-order valence-corrected chi connectivity index (χ0v) is 13.6. The number of carbonyl (C=O) groups is 1. The van der Waals surface area contributed by atoms with Crippen LogP contribution in [0.25, 0.3) is 0 Å². The molecule has 1 aromatic carbocycles. The van der Waals surface area contributed by atoms with E-state index in [-0.39, 0.29) is 11.9 Å². The molecule has 1 atom stereocenters. The summed E-state index contributed by atoms with van der Waals surface area (Å²) in [6, 6.07) is 10.4. The van der Waals surface area contributed by atoms with Crippen LogP contribution >= 0.6 is 15.9 Å². The Morgan fingerprint density at radius 3 is 3.05 bits per heavy atom. The standard InChI is InChI=1S/C16H18BrN3O/c1-11-8-14(19-18-11)10-16(21)20-7-3-6-15(20)12-4-2-5-13(17)9-12/h2,4-5,8-9,15H,3,6-7,10H2,1H3,(H,18,19). The molecule has 0 radical (unpaired) electrons. The Morgan fingerprint density at radius 2 is 2.33 bits per heavy atom. The monoisotopic (exact) mass is 347 g/mol. The van der Waals surface area contributed by atoms with E-state index in [2.05, 4.69) is 38.3 Å². The van der Waals surface area contributed by atoms with Gasteiger partial charge >= 0.3 is 0 Å². The first-order chi connectivity index (χ1) is 10.1. The third-order valence-corrected chi connectivity index (χ3v) is 4.39. The summed E-state index contributed by atoms with van der Waals surface area (Å²) >= 11 is 3.51. The molecular formula is C16H18BrN3O. The molecule has 1 N–H and O–H groups in total. The van der Waals surface area contributed by atoms with Crippen LogP contribution in [0.15, 0.2) is 34.8 Å². The zero-order chi connectivity index (χ0) is 14.8. The van der Waals surface area contributed by atoms with Crippen LogP contribution in [0.5, 0.6) is 0 Å². The molecule has 2 aromatic rings. The lowest BCUT2D eigenvalue weighted by molar-refractivity contribution is -0.131. The van der Waals surface area contributed by atoms with Gasteiger partial charge in [-0.15, -0.1) is 0 Å². The van der Waals surface area contributed by atoms with Crippen LogP contribution in [0.2, 0.25) is 0 Å². The number of amides is 1. The molecule has 0 bridgehead atoms. The third kappa shape index (κ3) is 3.18. The SMILES string of the molecule is Cc1cc(CC(=O)N2CCCC2c2cccc(Br)c2)n[nH]1. The summed E-state index contributed by atoms with van der Waals surface area (Å²) in [5, 5.41) is 7.05.